The summed E-state index contributed by atoms with van der Waals surface area (Å²) in [5.74, 6) is 0.930. The van der Waals surface area contributed by atoms with Gasteiger partial charge in [-0.2, -0.15) is 5.06 Å². The molecule has 1 aromatic rings. The number of carbonyl (C=O) groups excluding carboxylic acids is 1. The molecule has 3 fully saturated rings. The highest BCUT2D eigenvalue weighted by Crippen LogP contribution is 2.56. The Bertz CT molecular complexity index is 746. The van der Waals surface area contributed by atoms with E-state index in [0.717, 1.165) is 37.1 Å². The summed E-state index contributed by atoms with van der Waals surface area (Å²) >= 11 is 0. The van der Waals surface area contributed by atoms with E-state index >= 15 is 0 Å². The van der Waals surface area contributed by atoms with Crippen molar-refractivity contribution in [2.45, 2.75) is 43.7 Å². The van der Waals surface area contributed by atoms with Crippen molar-refractivity contribution in [1.82, 2.24) is 0 Å². The second-order valence-electron chi connectivity index (χ2n) is 7.34. The maximum absolute atomic E-state index is 13.4. The zero-order valence-electron chi connectivity index (χ0n) is 14.1. The number of rotatable bonds is 2. The summed E-state index contributed by atoms with van der Waals surface area (Å²) < 4.78 is 6.26. The van der Waals surface area contributed by atoms with Crippen molar-refractivity contribution in [3.05, 3.63) is 29.8 Å². The fourth-order valence-corrected chi connectivity index (χ4v) is 5.46. The third-order valence-corrected chi connectivity index (χ3v) is 6.52. The molecule has 1 aromatic carbocycles. The summed E-state index contributed by atoms with van der Waals surface area (Å²) in [6.07, 6.45) is 2.55. The molecule has 0 N–H and O–H groups in total. The van der Waals surface area contributed by atoms with Gasteiger partial charge in [-0.05, 0) is 30.9 Å². The molecule has 5 aliphatic rings. The number of hydrogen-bond acceptors (Lipinski definition) is 4. The van der Waals surface area contributed by atoms with Crippen molar-refractivity contribution in [1.29, 1.82) is 0 Å². The first kappa shape index (κ1) is 14.6. The smallest absolute Gasteiger partial charge is 0.264 e. The van der Waals surface area contributed by atoms with E-state index < -0.39 is 5.41 Å². The van der Waals surface area contributed by atoms with Crippen LogP contribution in [0.1, 0.15) is 31.7 Å². The van der Waals surface area contributed by atoms with Gasteiger partial charge < -0.3 is 4.74 Å². The summed E-state index contributed by atoms with van der Waals surface area (Å²) in [4.78, 5) is 23.9. The van der Waals surface area contributed by atoms with Gasteiger partial charge in [0.15, 0.2) is 0 Å². The largest absolute Gasteiger partial charge is 0.376 e. The Kier molecular flexibility index (Phi) is 2.98. The number of anilines is 1. The number of hydrogen-bond donors (Lipinski definition) is 0. The first-order valence-corrected chi connectivity index (χ1v) is 8.87. The van der Waals surface area contributed by atoms with E-state index in [2.05, 4.69) is 13.0 Å². The van der Waals surface area contributed by atoms with E-state index in [4.69, 9.17) is 14.6 Å². The highest BCUT2D eigenvalue weighted by Gasteiger charge is 2.64. The fourth-order valence-electron chi connectivity index (χ4n) is 5.46. The van der Waals surface area contributed by atoms with Crippen molar-refractivity contribution in [2.24, 2.45) is 16.8 Å². The van der Waals surface area contributed by atoms with Crippen LogP contribution in [-0.4, -0.2) is 37.5 Å². The zero-order valence-corrected chi connectivity index (χ0v) is 14.1. The van der Waals surface area contributed by atoms with E-state index in [-0.39, 0.29) is 18.1 Å². The van der Waals surface area contributed by atoms with Crippen molar-refractivity contribution in [3.63, 3.8) is 0 Å². The van der Waals surface area contributed by atoms with E-state index in [1.165, 1.54) is 10.8 Å². The SMILES string of the molecule is CCC1=N[C@H]2C[C@@]3(C(=O)N(OC)c4ccccc43)[C@@H]3C[C@H]1[C@@H]2CO3. The molecule has 5 atom stereocenters. The number of nitrogens with zero attached hydrogens (tertiary/aromatic N) is 2. The predicted octanol–water partition coefficient (Wildman–Crippen LogP) is 2.49. The highest BCUT2D eigenvalue weighted by molar-refractivity contribution is 6.07. The maximum atomic E-state index is 13.4. The van der Waals surface area contributed by atoms with Crippen LogP contribution >= 0.6 is 0 Å². The fraction of sp³-hybridized carbons (Fsp3) is 0.579. The summed E-state index contributed by atoms with van der Waals surface area (Å²) in [6.45, 7) is 2.90. The molecular weight excluding hydrogens is 304 g/mol. The minimum Gasteiger partial charge on any atom is -0.376 e. The van der Waals surface area contributed by atoms with Gasteiger partial charge in [0.25, 0.3) is 5.91 Å². The topological polar surface area (TPSA) is 51.1 Å². The second kappa shape index (κ2) is 4.90. The summed E-state index contributed by atoms with van der Waals surface area (Å²) in [7, 11) is 1.56. The molecule has 1 saturated carbocycles. The Balaban J connectivity index is 1.69. The number of para-hydroxylation sites is 1. The van der Waals surface area contributed by atoms with E-state index in [0.29, 0.717) is 11.8 Å². The monoisotopic (exact) mass is 326 g/mol. The Labute approximate surface area is 141 Å². The number of amides is 1. The van der Waals surface area contributed by atoms with Gasteiger partial charge in [-0.3, -0.25) is 14.6 Å². The number of benzene rings is 1. The van der Waals surface area contributed by atoms with Gasteiger partial charge in [-0.15, -0.1) is 0 Å². The Morgan fingerprint density at radius 2 is 2.25 bits per heavy atom. The Morgan fingerprint density at radius 3 is 3.04 bits per heavy atom. The molecule has 0 radical (unpaired) electrons. The van der Waals surface area contributed by atoms with E-state index in [1.54, 1.807) is 7.11 Å². The number of fused-ring (bicyclic) bond motifs is 2. The molecule has 6 rings (SSSR count). The average Bonchev–Trinajstić information content (AvgIpc) is 2.96. The van der Waals surface area contributed by atoms with Crippen molar-refractivity contribution < 1.29 is 14.4 Å². The van der Waals surface area contributed by atoms with Crippen molar-refractivity contribution in [3.8, 4) is 0 Å². The van der Waals surface area contributed by atoms with Crippen LogP contribution < -0.4 is 5.06 Å². The lowest BCUT2D eigenvalue weighted by Gasteiger charge is -2.38. The molecule has 126 valence electrons. The predicted molar refractivity (Wildman–Crippen MR) is 90.1 cm³/mol. The van der Waals surface area contributed by atoms with Crippen LogP contribution in [0.2, 0.25) is 0 Å². The lowest BCUT2D eigenvalue weighted by molar-refractivity contribution is -0.137. The van der Waals surface area contributed by atoms with Gasteiger partial charge in [0.05, 0.1) is 31.5 Å². The van der Waals surface area contributed by atoms with E-state index in [1.807, 2.05) is 18.2 Å². The highest BCUT2D eigenvalue weighted by atomic mass is 16.7. The molecule has 2 saturated heterocycles. The van der Waals surface area contributed by atoms with Crippen LogP contribution in [0.4, 0.5) is 5.69 Å². The second-order valence-corrected chi connectivity index (χ2v) is 7.34. The van der Waals surface area contributed by atoms with Crippen LogP contribution in [-0.2, 0) is 19.8 Å². The first-order chi connectivity index (χ1) is 11.7. The molecule has 0 unspecified atom stereocenters. The van der Waals surface area contributed by atoms with Gasteiger partial charge in [-0.25, -0.2) is 0 Å². The minimum atomic E-state index is -0.649. The lowest BCUT2D eigenvalue weighted by Crippen LogP contribution is -2.51. The third-order valence-electron chi connectivity index (χ3n) is 6.52. The first-order valence-electron chi connectivity index (χ1n) is 8.87. The molecule has 1 amide bonds. The van der Waals surface area contributed by atoms with Crippen LogP contribution in [0, 0.1) is 11.8 Å². The third kappa shape index (κ3) is 1.57. The molecule has 5 heteroatoms. The quantitative estimate of drug-likeness (QED) is 0.839. The van der Waals surface area contributed by atoms with Gasteiger partial charge in [0.2, 0.25) is 0 Å². The van der Waals surface area contributed by atoms with E-state index in [9.17, 15) is 4.79 Å². The Morgan fingerprint density at radius 1 is 1.42 bits per heavy atom. The van der Waals surface area contributed by atoms with Gasteiger partial charge in [0.1, 0.15) is 5.41 Å². The van der Waals surface area contributed by atoms with Crippen LogP contribution in [0.25, 0.3) is 0 Å². The number of ether oxygens (including phenoxy) is 1. The standard InChI is InChI=1S/C19H22N2O3/c1-3-14-11-8-17-19(9-15(20-14)12(11)10-24-17)13-6-4-5-7-16(13)21(23-2)18(19)22/h4-7,11-12,15,17H,3,8-10H2,1-2H3/t11-,12-,15-,17-,19-/m0/s1. The van der Waals surface area contributed by atoms with Crippen LogP contribution in [0.5, 0.6) is 0 Å². The number of aliphatic imine (C=N–C) groups is 1. The van der Waals surface area contributed by atoms with Gasteiger partial charge in [0, 0.05) is 17.5 Å². The normalized spacial score (nSPS) is 39.3. The molecule has 0 aromatic heterocycles. The molecule has 4 heterocycles. The van der Waals surface area contributed by atoms with Crippen molar-refractivity contribution in [2.75, 3.05) is 18.8 Å². The lowest BCUT2D eigenvalue weighted by atomic mass is 9.71. The molecule has 5 nitrogen and oxygen atoms in total. The molecule has 4 aliphatic heterocycles. The molecule has 1 spiro atoms. The van der Waals surface area contributed by atoms with Crippen LogP contribution in [0.3, 0.4) is 0 Å². The van der Waals surface area contributed by atoms with Gasteiger partial charge in [-0.1, -0.05) is 25.1 Å². The molecule has 24 heavy (non-hydrogen) atoms. The molecule has 1 aliphatic carbocycles. The molecular formula is C19H22N2O3. The Hall–Kier alpha value is -1.72. The van der Waals surface area contributed by atoms with Crippen LogP contribution in [0.15, 0.2) is 29.3 Å². The maximum Gasteiger partial charge on any atom is 0.264 e. The minimum absolute atomic E-state index is 0.0117. The summed E-state index contributed by atoms with van der Waals surface area (Å²) in [5, 5.41) is 1.45. The average molecular weight is 326 g/mol. The van der Waals surface area contributed by atoms with Crippen molar-refractivity contribution >= 4 is 17.3 Å². The van der Waals surface area contributed by atoms with Gasteiger partial charge >= 0.3 is 0 Å². The summed E-state index contributed by atoms with van der Waals surface area (Å²) in [5.41, 5.74) is 2.58. The molecule has 4 bridgehead atoms. The number of carbonyl (C=O) groups is 1. The summed E-state index contributed by atoms with van der Waals surface area (Å²) in [6, 6.07) is 8.16. The number of hydroxylamine groups is 1. The zero-order chi connectivity index (χ0) is 16.5.